The first-order valence-electron chi connectivity index (χ1n) is 7.32. The average Bonchev–Trinajstić information content (AvgIpc) is 2.40. The Balaban J connectivity index is 1.97. The molecule has 2 N–H and O–H groups in total. The first kappa shape index (κ1) is 17.0. The molecule has 0 radical (unpaired) electrons. The maximum absolute atomic E-state index is 5.68. The average molecular weight is 282 g/mol. The predicted octanol–water partition coefficient (Wildman–Crippen LogP) is 1.30. The lowest BCUT2D eigenvalue weighted by molar-refractivity contribution is -0.656. The zero-order chi connectivity index (χ0) is 14.6. The van der Waals surface area contributed by atoms with Crippen LogP contribution in [0.1, 0.15) is 17.5 Å². The quantitative estimate of drug-likeness (QED) is 0.622. The molecule has 4 nitrogen and oxygen atoms in total. The third-order valence-corrected chi connectivity index (χ3v) is 2.91. The molecule has 0 bridgehead atoms. The van der Waals surface area contributed by atoms with Crippen LogP contribution in [0.3, 0.4) is 0 Å². The van der Waals surface area contributed by atoms with Gasteiger partial charge in [-0.05, 0) is 37.1 Å². The van der Waals surface area contributed by atoms with Crippen molar-refractivity contribution in [2.24, 2.45) is 0 Å². The fourth-order valence-electron chi connectivity index (χ4n) is 2.02. The van der Waals surface area contributed by atoms with Crippen LogP contribution in [0.2, 0.25) is 0 Å². The zero-order valence-electron chi connectivity index (χ0n) is 13.0. The molecule has 4 heteroatoms. The number of aryl methyl sites for hydroxylation is 2. The topological polar surface area (TPSA) is 44.3 Å². The minimum atomic E-state index is 0.604. The molecule has 1 rings (SSSR count). The fraction of sp³-hybridized carbons (Fsp3) is 0.625. The molecular formula is C16H28NO3+. The molecule has 1 aromatic carbocycles. The van der Waals surface area contributed by atoms with E-state index in [0.717, 1.165) is 38.5 Å². The molecule has 0 spiro atoms. The molecule has 0 heterocycles. The number of nitrogens with two attached hydrogens (primary N) is 1. The minimum Gasteiger partial charge on any atom is -0.491 e. The number of ether oxygens (including phenoxy) is 3. The SMILES string of the molecule is COCCC[NH2+]CCOCCOc1cc(C)cc(C)c1. The highest BCUT2D eigenvalue weighted by Gasteiger charge is 1.97. The summed E-state index contributed by atoms with van der Waals surface area (Å²) in [5.41, 5.74) is 2.46. The van der Waals surface area contributed by atoms with Gasteiger partial charge in [-0.2, -0.15) is 0 Å². The van der Waals surface area contributed by atoms with E-state index in [4.69, 9.17) is 14.2 Å². The van der Waals surface area contributed by atoms with Crippen molar-refractivity contribution in [1.82, 2.24) is 0 Å². The fourth-order valence-corrected chi connectivity index (χ4v) is 2.02. The summed E-state index contributed by atoms with van der Waals surface area (Å²) in [4.78, 5) is 0. The van der Waals surface area contributed by atoms with Crippen LogP contribution in [0.15, 0.2) is 18.2 Å². The largest absolute Gasteiger partial charge is 0.491 e. The van der Waals surface area contributed by atoms with Crippen molar-refractivity contribution in [2.75, 3.05) is 46.6 Å². The van der Waals surface area contributed by atoms with E-state index in [9.17, 15) is 0 Å². The summed E-state index contributed by atoms with van der Waals surface area (Å²) in [6.45, 7) is 9.09. The Hall–Kier alpha value is -1.10. The van der Waals surface area contributed by atoms with Crippen LogP contribution < -0.4 is 10.1 Å². The molecule has 0 saturated carbocycles. The van der Waals surface area contributed by atoms with Crippen LogP contribution >= 0.6 is 0 Å². The van der Waals surface area contributed by atoms with Crippen molar-refractivity contribution >= 4 is 0 Å². The van der Waals surface area contributed by atoms with Crippen LogP contribution in [0.4, 0.5) is 0 Å². The molecule has 0 aliphatic heterocycles. The molecule has 0 saturated heterocycles. The van der Waals surface area contributed by atoms with Crippen molar-refractivity contribution in [3.63, 3.8) is 0 Å². The van der Waals surface area contributed by atoms with Crippen LogP contribution in [-0.2, 0) is 9.47 Å². The van der Waals surface area contributed by atoms with E-state index in [1.807, 2.05) is 0 Å². The monoisotopic (exact) mass is 282 g/mol. The van der Waals surface area contributed by atoms with Gasteiger partial charge in [-0.3, -0.25) is 0 Å². The van der Waals surface area contributed by atoms with Gasteiger partial charge in [-0.15, -0.1) is 0 Å². The molecule has 114 valence electrons. The van der Waals surface area contributed by atoms with Crippen LogP contribution in [-0.4, -0.2) is 46.6 Å². The molecule has 1 aromatic rings. The third kappa shape index (κ3) is 8.15. The highest BCUT2D eigenvalue weighted by Crippen LogP contribution is 2.15. The van der Waals surface area contributed by atoms with E-state index >= 15 is 0 Å². The van der Waals surface area contributed by atoms with Gasteiger partial charge in [0.2, 0.25) is 0 Å². The van der Waals surface area contributed by atoms with Crippen LogP contribution in [0.5, 0.6) is 5.75 Å². The van der Waals surface area contributed by atoms with Crippen molar-refractivity contribution in [3.05, 3.63) is 29.3 Å². The summed E-state index contributed by atoms with van der Waals surface area (Å²) in [5, 5.41) is 2.25. The maximum Gasteiger partial charge on any atom is 0.119 e. The maximum atomic E-state index is 5.68. The van der Waals surface area contributed by atoms with Crippen LogP contribution in [0.25, 0.3) is 0 Å². The number of hydrogen-bond donors (Lipinski definition) is 1. The van der Waals surface area contributed by atoms with Crippen LogP contribution in [0, 0.1) is 13.8 Å². The van der Waals surface area contributed by atoms with Gasteiger partial charge in [0.25, 0.3) is 0 Å². The van der Waals surface area contributed by atoms with Gasteiger partial charge in [-0.1, -0.05) is 6.07 Å². The molecular weight excluding hydrogens is 254 g/mol. The molecule has 0 amide bonds. The summed E-state index contributed by atoms with van der Waals surface area (Å²) in [6.07, 6.45) is 1.09. The number of hydrogen-bond acceptors (Lipinski definition) is 3. The number of methoxy groups -OCH3 is 1. The highest BCUT2D eigenvalue weighted by atomic mass is 16.5. The van der Waals surface area contributed by atoms with E-state index in [2.05, 4.69) is 37.4 Å². The summed E-state index contributed by atoms with van der Waals surface area (Å²) in [5.74, 6) is 0.928. The van der Waals surface area contributed by atoms with Gasteiger partial charge in [0, 0.05) is 13.5 Å². The second-order valence-electron chi connectivity index (χ2n) is 5.00. The summed E-state index contributed by atoms with van der Waals surface area (Å²) >= 11 is 0. The summed E-state index contributed by atoms with van der Waals surface area (Å²) < 4.78 is 16.2. The highest BCUT2D eigenvalue weighted by molar-refractivity contribution is 5.32. The lowest BCUT2D eigenvalue weighted by atomic mass is 10.1. The third-order valence-electron chi connectivity index (χ3n) is 2.91. The number of benzene rings is 1. The van der Waals surface area contributed by atoms with E-state index < -0.39 is 0 Å². The normalized spacial score (nSPS) is 10.8. The van der Waals surface area contributed by atoms with Gasteiger partial charge in [0.15, 0.2) is 0 Å². The summed E-state index contributed by atoms with van der Waals surface area (Å²) in [6, 6.07) is 6.25. The molecule has 0 fully saturated rings. The Morgan fingerprint density at radius 1 is 0.900 bits per heavy atom. The first-order valence-corrected chi connectivity index (χ1v) is 7.32. The Kier molecular flexibility index (Phi) is 9.04. The molecule has 0 aromatic heterocycles. The Bertz CT molecular complexity index is 348. The van der Waals surface area contributed by atoms with Gasteiger partial charge in [0.05, 0.1) is 32.9 Å². The smallest absolute Gasteiger partial charge is 0.119 e. The first-order chi connectivity index (χ1) is 9.72. The van der Waals surface area contributed by atoms with Crippen molar-refractivity contribution in [1.29, 1.82) is 0 Å². The predicted molar refractivity (Wildman–Crippen MR) is 80.4 cm³/mol. The summed E-state index contributed by atoms with van der Waals surface area (Å²) in [7, 11) is 1.73. The van der Waals surface area contributed by atoms with Gasteiger partial charge >= 0.3 is 0 Å². The zero-order valence-corrected chi connectivity index (χ0v) is 13.0. The Labute approximate surface area is 122 Å². The molecule has 0 atom stereocenters. The standard InChI is InChI=1S/C16H27NO3/c1-14-11-15(2)13-16(12-14)20-10-9-19-8-6-17-5-4-7-18-3/h11-13,17H,4-10H2,1-3H3/p+1. The van der Waals surface area contributed by atoms with Gasteiger partial charge < -0.3 is 19.5 Å². The second kappa shape index (κ2) is 10.7. The number of quaternary nitrogens is 1. The van der Waals surface area contributed by atoms with E-state index in [1.165, 1.54) is 11.1 Å². The molecule has 20 heavy (non-hydrogen) atoms. The lowest BCUT2D eigenvalue weighted by Gasteiger charge is -2.08. The van der Waals surface area contributed by atoms with E-state index in [-0.39, 0.29) is 0 Å². The van der Waals surface area contributed by atoms with Crippen molar-refractivity contribution in [3.8, 4) is 5.75 Å². The van der Waals surface area contributed by atoms with Gasteiger partial charge in [0.1, 0.15) is 12.4 Å². The van der Waals surface area contributed by atoms with E-state index in [0.29, 0.717) is 13.2 Å². The second-order valence-corrected chi connectivity index (χ2v) is 5.00. The van der Waals surface area contributed by atoms with Crippen molar-refractivity contribution in [2.45, 2.75) is 20.3 Å². The molecule has 0 aliphatic rings. The lowest BCUT2D eigenvalue weighted by Crippen LogP contribution is -2.85. The van der Waals surface area contributed by atoms with Crippen molar-refractivity contribution < 1.29 is 19.5 Å². The molecule has 0 aliphatic carbocycles. The van der Waals surface area contributed by atoms with E-state index in [1.54, 1.807) is 7.11 Å². The Morgan fingerprint density at radius 3 is 2.35 bits per heavy atom. The molecule has 0 unspecified atom stereocenters. The number of rotatable bonds is 11. The minimum absolute atomic E-state index is 0.604. The van der Waals surface area contributed by atoms with Gasteiger partial charge in [-0.25, -0.2) is 0 Å². The Morgan fingerprint density at radius 2 is 1.65 bits per heavy atom.